The molecule has 3 aromatic carbocycles. The molecule has 0 amide bonds. The zero-order valence-corrected chi connectivity index (χ0v) is 19.4. The highest BCUT2D eigenvalue weighted by Gasteiger charge is 1.87. The van der Waals surface area contributed by atoms with Gasteiger partial charge in [-0.1, -0.05) is 70.1 Å². The molecule has 136 valence electrons. The van der Waals surface area contributed by atoms with Crippen molar-refractivity contribution in [2.75, 3.05) is 5.73 Å². The fraction of sp³-hybridized carbons (Fsp3) is 0.0526. The molecular weight excluding hydrogens is 545 g/mol. The second-order valence-electron chi connectivity index (χ2n) is 5.00. The lowest BCUT2D eigenvalue weighted by Crippen LogP contribution is -1.80. The summed E-state index contributed by atoms with van der Waals surface area (Å²) in [6.07, 6.45) is 0. The predicted molar refractivity (Wildman–Crippen MR) is 122 cm³/mol. The van der Waals surface area contributed by atoms with Crippen LogP contribution in [0, 0.1) is 6.92 Å². The van der Waals surface area contributed by atoms with E-state index in [0.29, 0.717) is 0 Å². The molecule has 0 heterocycles. The molecule has 0 spiro atoms. The minimum absolute atomic E-state index is 0.748. The Morgan fingerprint density at radius 2 is 1.08 bits per heavy atom. The van der Waals surface area contributed by atoms with Crippen LogP contribution in [0.5, 0.6) is 0 Å². The molecule has 26 heavy (non-hydrogen) atoms. The number of nitrogens with two attached hydrogens (primary N) is 1. The SMILES string of the molecule is Cc1ccc(Br)cc1.ClN=Nc1ccc(Br)cc1.Nc1ccc(Br)cc1. The monoisotopic (exact) mass is 559 g/mol. The van der Waals surface area contributed by atoms with Crippen molar-refractivity contribution in [3.8, 4) is 0 Å². The number of halogens is 4. The van der Waals surface area contributed by atoms with Gasteiger partial charge in [0.15, 0.2) is 0 Å². The van der Waals surface area contributed by atoms with Crippen molar-refractivity contribution in [2.24, 2.45) is 9.75 Å². The summed E-state index contributed by atoms with van der Waals surface area (Å²) in [6, 6.07) is 23.1. The minimum atomic E-state index is 0.748. The van der Waals surface area contributed by atoms with Crippen LogP contribution in [0.2, 0.25) is 0 Å². The van der Waals surface area contributed by atoms with Gasteiger partial charge in [0, 0.05) is 19.1 Å². The summed E-state index contributed by atoms with van der Waals surface area (Å²) in [6.45, 7) is 2.08. The van der Waals surface area contributed by atoms with E-state index in [1.165, 1.54) is 5.56 Å². The van der Waals surface area contributed by atoms with Gasteiger partial charge < -0.3 is 5.73 Å². The van der Waals surface area contributed by atoms with Crippen molar-refractivity contribution in [2.45, 2.75) is 6.92 Å². The smallest absolute Gasteiger partial charge is 0.0868 e. The van der Waals surface area contributed by atoms with Crippen LogP contribution in [-0.2, 0) is 0 Å². The average Bonchev–Trinajstić information content (AvgIpc) is 2.63. The Kier molecular flexibility index (Phi) is 11.4. The lowest BCUT2D eigenvalue weighted by molar-refractivity contribution is 1.32. The topological polar surface area (TPSA) is 50.7 Å². The Morgan fingerprint density at radius 3 is 1.42 bits per heavy atom. The molecule has 0 bridgehead atoms. The zero-order valence-electron chi connectivity index (χ0n) is 13.9. The summed E-state index contributed by atoms with van der Waals surface area (Å²) >= 11 is 14.9. The summed E-state index contributed by atoms with van der Waals surface area (Å²) < 4.78 is 6.34. The fourth-order valence-electron chi connectivity index (χ4n) is 1.55. The van der Waals surface area contributed by atoms with E-state index in [2.05, 4.69) is 76.6 Å². The van der Waals surface area contributed by atoms with Gasteiger partial charge in [0.05, 0.1) is 17.5 Å². The van der Waals surface area contributed by atoms with Crippen LogP contribution in [0.3, 0.4) is 0 Å². The van der Waals surface area contributed by atoms with E-state index in [4.69, 9.17) is 17.5 Å². The first-order valence-electron chi connectivity index (χ1n) is 7.41. The number of nitrogen functional groups attached to an aromatic ring is 1. The van der Waals surface area contributed by atoms with Gasteiger partial charge in [-0.25, -0.2) is 0 Å². The zero-order chi connectivity index (χ0) is 19.4. The van der Waals surface area contributed by atoms with Gasteiger partial charge in [0.2, 0.25) is 0 Å². The van der Waals surface area contributed by atoms with E-state index in [-0.39, 0.29) is 0 Å². The maximum absolute atomic E-state index is 5.41. The van der Waals surface area contributed by atoms with Crippen molar-refractivity contribution >= 4 is 70.9 Å². The lowest BCUT2D eigenvalue weighted by Gasteiger charge is -1.88. The van der Waals surface area contributed by atoms with Crippen LogP contribution in [0.15, 0.2) is 96.0 Å². The van der Waals surface area contributed by atoms with Gasteiger partial charge in [-0.15, -0.1) is 5.11 Å². The first kappa shape index (κ1) is 22.8. The van der Waals surface area contributed by atoms with Crippen molar-refractivity contribution in [3.05, 3.63) is 91.8 Å². The highest BCUT2D eigenvalue weighted by molar-refractivity contribution is 9.11. The number of aryl methyl sites for hydroxylation is 1. The van der Waals surface area contributed by atoms with Crippen LogP contribution in [0.4, 0.5) is 11.4 Å². The number of hydrogen-bond acceptors (Lipinski definition) is 3. The average molecular weight is 563 g/mol. The van der Waals surface area contributed by atoms with Gasteiger partial charge in [-0.3, -0.25) is 0 Å². The summed E-state index contributed by atoms with van der Waals surface area (Å²) in [5.41, 5.74) is 8.25. The molecule has 0 saturated heterocycles. The molecule has 7 heteroatoms. The van der Waals surface area contributed by atoms with E-state index in [1.807, 2.05) is 60.7 Å². The molecule has 0 aliphatic heterocycles. The molecule has 2 N–H and O–H groups in total. The Bertz CT molecular complexity index is 704. The Labute approximate surface area is 184 Å². The third-order valence-corrected chi connectivity index (χ3v) is 4.52. The first-order valence-corrected chi connectivity index (χ1v) is 10.1. The maximum atomic E-state index is 5.41. The molecule has 0 unspecified atom stereocenters. The summed E-state index contributed by atoms with van der Waals surface area (Å²) in [5.74, 6) is 0. The second kappa shape index (κ2) is 13.0. The number of anilines is 1. The molecule has 3 rings (SSSR count). The van der Waals surface area contributed by atoms with Crippen LogP contribution in [0.25, 0.3) is 0 Å². The highest BCUT2D eigenvalue weighted by Crippen LogP contribution is 2.17. The molecule has 3 nitrogen and oxygen atoms in total. The molecule has 0 saturated carbocycles. The van der Waals surface area contributed by atoms with E-state index < -0.39 is 0 Å². The third-order valence-electron chi connectivity index (χ3n) is 2.86. The van der Waals surface area contributed by atoms with Crippen LogP contribution < -0.4 is 5.73 Å². The molecule has 0 aliphatic rings. The summed E-state index contributed by atoms with van der Waals surface area (Å²) in [4.78, 5) is 0. The van der Waals surface area contributed by atoms with E-state index in [0.717, 1.165) is 24.8 Å². The highest BCUT2D eigenvalue weighted by atomic mass is 79.9. The minimum Gasteiger partial charge on any atom is -0.399 e. The predicted octanol–water partition coefficient (Wildman–Crippen LogP) is 8.48. The number of benzene rings is 3. The van der Waals surface area contributed by atoms with E-state index in [9.17, 15) is 0 Å². The van der Waals surface area contributed by atoms with Gasteiger partial charge in [0.25, 0.3) is 0 Å². The molecular formula is C19H17Br3ClN3. The summed E-state index contributed by atoms with van der Waals surface area (Å²) in [5, 5.41) is 3.62. The van der Waals surface area contributed by atoms with E-state index in [1.54, 1.807) is 0 Å². The Morgan fingerprint density at radius 1 is 0.692 bits per heavy atom. The molecule has 0 atom stereocenters. The van der Waals surface area contributed by atoms with Gasteiger partial charge >= 0.3 is 0 Å². The van der Waals surface area contributed by atoms with Crippen LogP contribution >= 0.6 is 59.6 Å². The molecule has 0 aliphatic carbocycles. The van der Waals surface area contributed by atoms with Gasteiger partial charge in [-0.05, 0) is 67.6 Å². The quantitative estimate of drug-likeness (QED) is 0.235. The Hall–Kier alpha value is -1.21. The van der Waals surface area contributed by atoms with Crippen molar-refractivity contribution in [1.29, 1.82) is 0 Å². The fourth-order valence-corrected chi connectivity index (χ4v) is 2.43. The van der Waals surface area contributed by atoms with Gasteiger partial charge in [-0.2, -0.15) is 0 Å². The largest absolute Gasteiger partial charge is 0.399 e. The third kappa shape index (κ3) is 10.7. The first-order chi connectivity index (χ1) is 12.4. The van der Waals surface area contributed by atoms with Crippen molar-refractivity contribution in [1.82, 2.24) is 0 Å². The summed E-state index contributed by atoms with van der Waals surface area (Å²) in [7, 11) is 0. The van der Waals surface area contributed by atoms with Crippen molar-refractivity contribution < 1.29 is 0 Å². The normalized spacial score (nSPS) is 9.73. The number of nitrogens with zero attached hydrogens (tertiary/aromatic N) is 2. The molecule has 0 radical (unpaired) electrons. The molecule has 3 aromatic rings. The second-order valence-corrected chi connectivity index (χ2v) is 7.90. The Balaban J connectivity index is 0.000000197. The maximum Gasteiger partial charge on any atom is 0.0868 e. The standard InChI is InChI=1S/C7H7Br.C6H4BrClN2.C6H6BrN/c1-6-2-4-7(8)5-3-6;7-5-1-3-6(4-2-5)9-10-8;7-5-1-3-6(8)4-2-5/h2-5H,1H3;1-4H;1-4H,8H2. The van der Waals surface area contributed by atoms with Crippen molar-refractivity contribution in [3.63, 3.8) is 0 Å². The molecule has 0 fully saturated rings. The number of hydrogen-bond donors (Lipinski definition) is 1. The van der Waals surface area contributed by atoms with Crippen LogP contribution in [0.1, 0.15) is 5.56 Å². The molecule has 0 aromatic heterocycles. The van der Waals surface area contributed by atoms with E-state index >= 15 is 0 Å². The van der Waals surface area contributed by atoms with Gasteiger partial charge in [0.1, 0.15) is 0 Å². The lowest BCUT2D eigenvalue weighted by atomic mass is 10.2. The van der Waals surface area contributed by atoms with Crippen LogP contribution in [-0.4, -0.2) is 0 Å². The number of rotatable bonds is 1.